The molecule has 7 nitrogen and oxygen atoms in total. The number of benzene rings is 1. The topological polar surface area (TPSA) is 92.6 Å². The largest absolute Gasteiger partial charge is 0.467 e. The van der Waals surface area contributed by atoms with Gasteiger partial charge in [0.25, 0.3) is 0 Å². The highest BCUT2D eigenvalue weighted by atomic mass is 16.5. The number of likely N-dealkylation sites (tertiary alicyclic amines) is 1. The summed E-state index contributed by atoms with van der Waals surface area (Å²) in [6.07, 6.45) is 2.32. The van der Waals surface area contributed by atoms with Crippen molar-refractivity contribution in [3.8, 4) is 0 Å². The number of ether oxygens (including phenoxy) is 1. The van der Waals surface area contributed by atoms with Crippen LogP contribution < -0.4 is 0 Å². The van der Waals surface area contributed by atoms with Crippen molar-refractivity contribution in [1.29, 1.82) is 0 Å². The number of esters is 1. The zero-order valence-electron chi connectivity index (χ0n) is 15.4. The fourth-order valence-corrected chi connectivity index (χ4v) is 3.49. The molecule has 2 aromatic heterocycles. The maximum atomic E-state index is 12.7. The second-order valence-electron chi connectivity index (χ2n) is 6.95. The van der Waals surface area contributed by atoms with Crippen LogP contribution in [-0.4, -0.2) is 40.2 Å². The first-order chi connectivity index (χ1) is 13.5. The molecule has 0 bridgehead atoms. The third-order valence-corrected chi connectivity index (χ3v) is 4.99. The molecule has 1 saturated heterocycles. The quantitative estimate of drug-likeness (QED) is 0.524. The van der Waals surface area contributed by atoms with Gasteiger partial charge in [-0.1, -0.05) is 18.2 Å². The summed E-state index contributed by atoms with van der Waals surface area (Å²) in [7, 11) is 0. The zero-order chi connectivity index (χ0) is 19.7. The Hall–Kier alpha value is -3.35. The second kappa shape index (κ2) is 7.34. The van der Waals surface area contributed by atoms with Crippen molar-refractivity contribution in [3.63, 3.8) is 0 Å². The minimum absolute atomic E-state index is 0.0769. The number of nitrogens with zero attached hydrogens (tertiary/aromatic N) is 1. The lowest BCUT2D eigenvalue weighted by Gasteiger charge is -2.16. The van der Waals surface area contributed by atoms with Gasteiger partial charge in [-0.15, -0.1) is 0 Å². The number of aromatic amines is 1. The molecule has 7 heteroatoms. The standard InChI is InChI=1S/C21H20N2O5/c1-13(20(25)17-10-22-18-7-3-2-6-16(17)18)28-21(26)14-9-19(24)23(11-14)12-15-5-4-8-27-15/h2-8,10,13-14,22H,9,11-12H2,1H3/t13-,14-/m0/s1. The number of ketones is 1. The molecule has 2 atom stereocenters. The number of hydrogen-bond donors (Lipinski definition) is 1. The first-order valence-electron chi connectivity index (χ1n) is 9.14. The number of rotatable bonds is 6. The van der Waals surface area contributed by atoms with Crippen LogP contribution in [0, 0.1) is 5.92 Å². The van der Waals surface area contributed by atoms with E-state index in [1.54, 1.807) is 36.4 Å². The Morgan fingerprint density at radius 1 is 1.29 bits per heavy atom. The van der Waals surface area contributed by atoms with Gasteiger partial charge in [0.15, 0.2) is 6.10 Å². The molecular weight excluding hydrogens is 360 g/mol. The van der Waals surface area contributed by atoms with E-state index in [1.807, 2.05) is 24.3 Å². The Morgan fingerprint density at radius 2 is 2.11 bits per heavy atom. The molecule has 0 unspecified atom stereocenters. The summed E-state index contributed by atoms with van der Waals surface area (Å²) in [6.45, 7) is 2.13. The average Bonchev–Trinajstić information content (AvgIpc) is 3.42. The summed E-state index contributed by atoms with van der Waals surface area (Å²) in [5, 5.41) is 0.788. The van der Waals surface area contributed by atoms with Crippen molar-refractivity contribution in [3.05, 3.63) is 60.2 Å². The number of aromatic nitrogens is 1. The molecule has 0 radical (unpaired) electrons. The first kappa shape index (κ1) is 18.0. The van der Waals surface area contributed by atoms with Gasteiger partial charge in [0.05, 0.1) is 18.7 Å². The number of fused-ring (bicyclic) bond motifs is 1. The van der Waals surface area contributed by atoms with E-state index in [2.05, 4.69) is 4.98 Å². The number of hydrogen-bond acceptors (Lipinski definition) is 5. The highest BCUT2D eigenvalue weighted by Crippen LogP contribution is 2.24. The monoisotopic (exact) mass is 380 g/mol. The van der Waals surface area contributed by atoms with Crippen molar-refractivity contribution in [2.24, 2.45) is 5.92 Å². The number of nitrogens with one attached hydrogen (secondary N) is 1. The fraction of sp³-hybridized carbons (Fsp3) is 0.286. The molecule has 4 rings (SSSR count). The van der Waals surface area contributed by atoms with Gasteiger partial charge in [-0.25, -0.2) is 0 Å². The van der Waals surface area contributed by atoms with E-state index < -0.39 is 18.0 Å². The number of carbonyl (C=O) groups is 3. The summed E-state index contributed by atoms with van der Waals surface area (Å²) >= 11 is 0. The van der Waals surface area contributed by atoms with Crippen LogP contribution in [0.15, 0.2) is 53.3 Å². The number of amides is 1. The van der Waals surface area contributed by atoms with E-state index in [0.29, 0.717) is 17.9 Å². The Labute approximate surface area is 161 Å². The molecule has 28 heavy (non-hydrogen) atoms. The van der Waals surface area contributed by atoms with Crippen LogP contribution in [0.3, 0.4) is 0 Å². The third-order valence-electron chi connectivity index (χ3n) is 4.99. The SMILES string of the molecule is C[C@H](OC(=O)[C@H]1CC(=O)N(Cc2ccco2)C1)C(=O)c1c[nH]c2ccccc12. The number of para-hydroxylation sites is 1. The predicted octanol–water partition coefficient (Wildman–Crippen LogP) is 2.92. The van der Waals surface area contributed by atoms with E-state index in [9.17, 15) is 14.4 Å². The number of Topliss-reactive ketones (excluding diaryl/α,β-unsaturated/α-hetero) is 1. The summed E-state index contributed by atoms with van der Waals surface area (Å²) < 4.78 is 10.7. The van der Waals surface area contributed by atoms with Crippen LogP contribution in [0.2, 0.25) is 0 Å². The molecule has 0 spiro atoms. The van der Waals surface area contributed by atoms with Crippen LogP contribution in [0.25, 0.3) is 10.9 Å². The van der Waals surface area contributed by atoms with Crippen molar-refractivity contribution in [1.82, 2.24) is 9.88 Å². The lowest BCUT2D eigenvalue weighted by molar-refractivity contribution is -0.151. The normalized spacial score (nSPS) is 17.8. The van der Waals surface area contributed by atoms with Crippen molar-refractivity contribution < 1.29 is 23.5 Å². The van der Waals surface area contributed by atoms with Gasteiger partial charge >= 0.3 is 5.97 Å². The molecule has 1 amide bonds. The first-order valence-corrected chi connectivity index (χ1v) is 9.14. The van der Waals surface area contributed by atoms with Gasteiger partial charge in [-0.05, 0) is 25.1 Å². The van der Waals surface area contributed by atoms with E-state index in [1.165, 1.54) is 0 Å². The molecule has 144 valence electrons. The molecule has 1 aliphatic rings. The van der Waals surface area contributed by atoms with Crippen molar-refractivity contribution in [2.75, 3.05) is 6.54 Å². The minimum Gasteiger partial charge on any atom is -0.467 e. The second-order valence-corrected chi connectivity index (χ2v) is 6.95. The van der Waals surface area contributed by atoms with Gasteiger partial charge < -0.3 is 19.0 Å². The molecule has 1 aliphatic heterocycles. The maximum Gasteiger partial charge on any atom is 0.311 e. The minimum atomic E-state index is -0.930. The van der Waals surface area contributed by atoms with Gasteiger partial charge in [0.2, 0.25) is 11.7 Å². The van der Waals surface area contributed by atoms with E-state index in [-0.39, 0.29) is 24.7 Å². The molecule has 1 aromatic carbocycles. The van der Waals surface area contributed by atoms with Gasteiger partial charge in [0, 0.05) is 35.6 Å². The Balaban J connectivity index is 1.39. The number of carbonyl (C=O) groups excluding carboxylic acids is 3. The van der Waals surface area contributed by atoms with Crippen LogP contribution in [0.4, 0.5) is 0 Å². The van der Waals surface area contributed by atoms with Crippen LogP contribution >= 0.6 is 0 Å². The molecule has 0 saturated carbocycles. The summed E-state index contributed by atoms with van der Waals surface area (Å²) in [5.74, 6) is -0.863. The zero-order valence-corrected chi connectivity index (χ0v) is 15.4. The lowest BCUT2D eigenvalue weighted by atomic mass is 10.1. The predicted molar refractivity (Wildman–Crippen MR) is 100 cm³/mol. The van der Waals surface area contributed by atoms with Crippen LogP contribution in [0.1, 0.15) is 29.5 Å². The van der Waals surface area contributed by atoms with Crippen LogP contribution in [0.5, 0.6) is 0 Å². The molecule has 0 aliphatic carbocycles. The molecule has 1 N–H and O–H groups in total. The molecule has 3 heterocycles. The van der Waals surface area contributed by atoms with Crippen LogP contribution in [-0.2, 0) is 20.9 Å². The van der Waals surface area contributed by atoms with Gasteiger partial charge in [-0.3, -0.25) is 14.4 Å². The lowest BCUT2D eigenvalue weighted by Crippen LogP contribution is -2.30. The third kappa shape index (κ3) is 3.43. The van der Waals surface area contributed by atoms with Gasteiger partial charge in [0.1, 0.15) is 5.76 Å². The Kier molecular flexibility index (Phi) is 4.73. The summed E-state index contributed by atoms with van der Waals surface area (Å²) in [6, 6.07) is 11.0. The van der Waals surface area contributed by atoms with Crippen molar-refractivity contribution >= 4 is 28.6 Å². The maximum absolute atomic E-state index is 12.7. The smallest absolute Gasteiger partial charge is 0.311 e. The average molecular weight is 380 g/mol. The number of H-pyrrole nitrogens is 1. The van der Waals surface area contributed by atoms with E-state index >= 15 is 0 Å². The molecular formula is C21H20N2O5. The Bertz CT molecular complexity index is 1020. The van der Waals surface area contributed by atoms with Gasteiger partial charge in [-0.2, -0.15) is 0 Å². The Morgan fingerprint density at radius 3 is 2.89 bits per heavy atom. The summed E-state index contributed by atoms with van der Waals surface area (Å²) in [5.41, 5.74) is 1.33. The van der Waals surface area contributed by atoms with E-state index in [0.717, 1.165) is 10.9 Å². The summed E-state index contributed by atoms with van der Waals surface area (Å²) in [4.78, 5) is 42.0. The van der Waals surface area contributed by atoms with E-state index in [4.69, 9.17) is 9.15 Å². The molecule has 3 aromatic rings. The number of furan rings is 1. The highest BCUT2D eigenvalue weighted by molar-refractivity contribution is 6.10. The highest BCUT2D eigenvalue weighted by Gasteiger charge is 2.37. The fourth-order valence-electron chi connectivity index (χ4n) is 3.49. The van der Waals surface area contributed by atoms with Crippen molar-refractivity contribution in [2.45, 2.75) is 26.0 Å². The molecule has 1 fully saturated rings.